The maximum atomic E-state index is 3.97. The highest BCUT2D eigenvalue weighted by molar-refractivity contribution is 5.20. The molecule has 1 unspecified atom stereocenters. The van der Waals surface area contributed by atoms with Crippen LogP contribution >= 0.6 is 0 Å². The molecule has 0 N–H and O–H groups in total. The summed E-state index contributed by atoms with van der Waals surface area (Å²) in [4.78, 5) is 0. The van der Waals surface area contributed by atoms with Crippen LogP contribution in [0.3, 0.4) is 0 Å². The zero-order valence-corrected chi connectivity index (χ0v) is 8.72. The van der Waals surface area contributed by atoms with Gasteiger partial charge in [0.25, 0.3) is 0 Å². The van der Waals surface area contributed by atoms with E-state index in [2.05, 4.69) is 45.6 Å². The first kappa shape index (κ1) is 11.2. The molecule has 0 aliphatic heterocycles. The second kappa shape index (κ2) is 5.82. The molecular weight excluding hydrogens is 144 g/mol. The molecule has 0 heteroatoms. The standard InChI is InChI=1S/C12H20/c1-6-8-11(5)9-12(7-2)10(3)4/h6,8-9,12H,3,7H2,1-2,4-5H3/b8-6-,11-9-. The predicted octanol–water partition coefficient (Wildman–Crippen LogP) is 4.11. The smallest absolute Gasteiger partial charge is 0.00256 e. The van der Waals surface area contributed by atoms with Crippen LogP contribution in [0, 0.1) is 5.92 Å². The Kier molecular flexibility index (Phi) is 5.44. The number of hydrogen-bond acceptors (Lipinski definition) is 0. The van der Waals surface area contributed by atoms with E-state index in [1.54, 1.807) is 0 Å². The molecule has 1 atom stereocenters. The first-order chi connectivity index (χ1) is 5.61. The fourth-order valence-electron chi connectivity index (χ4n) is 1.24. The molecule has 0 fully saturated rings. The van der Waals surface area contributed by atoms with Crippen molar-refractivity contribution in [2.45, 2.75) is 34.1 Å². The van der Waals surface area contributed by atoms with Crippen molar-refractivity contribution in [3.8, 4) is 0 Å². The second-order valence-corrected chi connectivity index (χ2v) is 3.27. The lowest BCUT2D eigenvalue weighted by molar-refractivity contribution is 0.726. The molecule has 0 nitrogen and oxygen atoms in total. The highest BCUT2D eigenvalue weighted by Crippen LogP contribution is 2.16. The average molecular weight is 164 g/mol. The molecular formula is C12H20. The summed E-state index contributed by atoms with van der Waals surface area (Å²) in [5.74, 6) is 0.543. The molecule has 0 radical (unpaired) electrons. The van der Waals surface area contributed by atoms with Gasteiger partial charge in [-0.25, -0.2) is 0 Å². The van der Waals surface area contributed by atoms with E-state index in [9.17, 15) is 0 Å². The Hall–Kier alpha value is -0.780. The summed E-state index contributed by atoms with van der Waals surface area (Å²) in [6.45, 7) is 12.4. The Bertz CT molecular complexity index is 194. The van der Waals surface area contributed by atoms with Crippen molar-refractivity contribution < 1.29 is 0 Å². The zero-order chi connectivity index (χ0) is 9.56. The van der Waals surface area contributed by atoms with Crippen LogP contribution in [-0.4, -0.2) is 0 Å². The van der Waals surface area contributed by atoms with Crippen LogP contribution in [0.4, 0.5) is 0 Å². The van der Waals surface area contributed by atoms with Gasteiger partial charge in [0.05, 0.1) is 0 Å². The molecule has 0 aromatic carbocycles. The normalized spacial score (nSPS) is 15.2. The fraction of sp³-hybridized carbons (Fsp3) is 0.500. The quantitative estimate of drug-likeness (QED) is 0.433. The Morgan fingerprint density at radius 3 is 2.33 bits per heavy atom. The minimum atomic E-state index is 0.543. The summed E-state index contributed by atoms with van der Waals surface area (Å²) >= 11 is 0. The molecule has 0 aromatic rings. The SMILES string of the molecule is C=C(C)C(/C=C(C)\C=C/C)CC. The van der Waals surface area contributed by atoms with E-state index in [-0.39, 0.29) is 0 Å². The van der Waals surface area contributed by atoms with E-state index in [4.69, 9.17) is 0 Å². The predicted molar refractivity (Wildman–Crippen MR) is 57.2 cm³/mol. The summed E-state index contributed by atoms with van der Waals surface area (Å²) in [5, 5.41) is 0. The minimum Gasteiger partial charge on any atom is -0.0995 e. The molecule has 12 heavy (non-hydrogen) atoms. The van der Waals surface area contributed by atoms with Crippen molar-refractivity contribution in [3.63, 3.8) is 0 Å². The Balaban J connectivity index is 4.35. The van der Waals surface area contributed by atoms with Crippen LogP contribution in [0.2, 0.25) is 0 Å². The van der Waals surface area contributed by atoms with Crippen LogP contribution < -0.4 is 0 Å². The molecule has 0 amide bonds. The Labute approximate surface area is 76.7 Å². The third-order valence-corrected chi connectivity index (χ3v) is 1.97. The number of allylic oxidation sites excluding steroid dienone is 5. The summed E-state index contributed by atoms with van der Waals surface area (Å²) in [6, 6.07) is 0. The van der Waals surface area contributed by atoms with Gasteiger partial charge >= 0.3 is 0 Å². The summed E-state index contributed by atoms with van der Waals surface area (Å²) in [5.41, 5.74) is 2.58. The molecule has 0 aliphatic rings. The summed E-state index contributed by atoms with van der Waals surface area (Å²) < 4.78 is 0. The van der Waals surface area contributed by atoms with Crippen LogP contribution in [0.15, 0.2) is 36.0 Å². The van der Waals surface area contributed by atoms with Crippen molar-refractivity contribution in [3.05, 3.63) is 36.0 Å². The number of hydrogen-bond donors (Lipinski definition) is 0. The first-order valence-electron chi connectivity index (χ1n) is 4.58. The van der Waals surface area contributed by atoms with Gasteiger partial charge in [0, 0.05) is 0 Å². The molecule has 0 aromatic heterocycles. The molecule has 0 aliphatic carbocycles. The molecule has 0 heterocycles. The highest BCUT2D eigenvalue weighted by atomic mass is 14.1. The molecule has 0 saturated carbocycles. The largest absolute Gasteiger partial charge is 0.0995 e. The van der Waals surface area contributed by atoms with Gasteiger partial charge in [-0.3, -0.25) is 0 Å². The van der Waals surface area contributed by atoms with Gasteiger partial charge in [0.15, 0.2) is 0 Å². The van der Waals surface area contributed by atoms with E-state index in [0.29, 0.717) is 5.92 Å². The van der Waals surface area contributed by atoms with Crippen LogP contribution in [0.5, 0.6) is 0 Å². The Morgan fingerprint density at radius 2 is 2.00 bits per heavy atom. The zero-order valence-electron chi connectivity index (χ0n) is 8.72. The maximum Gasteiger partial charge on any atom is -0.00256 e. The molecule has 68 valence electrons. The van der Waals surface area contributed by atoms with E-state index in [1.165, 1.54) is 11.1 Å². The van der Waals surface area contributed by atoms with Gasteiger partial charge in [-0.1, -0.05) is 42.9 Å². The molecule has 0 bridgehead atoms. The van der Waals surface area contributed by atoms with Gasteiger partial charge < -0.3 is 0 Å². The van der Waals surface area contributed by atoms with Gasteiger partial charge in [0.2, 0.25) is 0 Å². The highest BCUT2D eigenvalue weighted by Gasteiger charge is 2.01. The van der Waals surface area contributed by atoms with Crippen LogP contribution in [0.1, 0.15) is 34.1 Å². The summed E-state index contributed by atoms with van der Waals surface area (Å²) in [7, 11) is 0. The summed E-state index contributed by atoms with van der Waals surface area (Å²) in [6.07, 6.45) is 7.62. The molecule has 0 saturated heterocycles. The second-order valence-electron chi connectivity index (χ2n) is 3.27. The van der Waals surface area contributed by atoms with Crippen LogP contribution in [0.25, 0.3) is 0 Å². The third-order valence-electron chi connectivity index (χ3n) is 1.97. The third kappa shape index (κ3) is 4.17. The van der Waals surface area contributed by atoms with Crippen molar-refractivity contribution in [2.75, 3.05) is 0 Å². The van der Waals surface area contributed by atoms with E-state index >= 15 is 0 Å². The molecule has 0 rings (SSSR count). The van der Waals surface area contributed by atoms with Gasteiger partial charge in [-0.05, 0) is 33.1 Å². The van der Waals surface area contributed by atoms with Crippen molar-refractivity contribution in [1.82, 2.24) is 0 Å². The Morgan fingerprint density at radius 1 is 1.42 bits per heavy atom. The monoisotopic (exact) mass is 164 g/mol. The van der Waals surface area contributed by atoms with E-state index in [0.717, 1.165) is 6.42 Å². The van der Waals surface area contributed by atoms with Crippen molar-refractivity contribution in [1.29, 1.82) is 0 Å². The first-order valence-corrected chi connectivity index (χ1v) is 4.58. The lowest BCUT2D eigenvalue weighted by Gasteiger charge is -2.09. The fourth-order valence-corrected chi connectivity index (χ4v) is 1.24. The van der Waals surface area contributed by atoms with E-state index < -0.39 is 0 Å². The molecule has 0 spiro atoms. The minimum absolute atomic E-state index is 0.543. The van der Waals surface area contributed by atoms with Gasteiger partial charge in [-0.2, -0.15) is 0 Å². The lowest BCUT2D eigenvalue weighted by Crippen LogP contribution is -1.95. The van der Waals surface area contributed by atoms with Crippen molar-refractivity contribution in [2.24, 2.45) is 5.92 Å². The van der Waals surface area contributed by atoms with Gasteiger partial charge in [-0.15, -0.1) is 0 Å². The van der Waals surface area contributed by atoms with Crippen molar-refractivity contribution >= 4 is 0 Å². The van der Waals surface area contributed by atoms with Gasteiger partial charge in [0.1, 0.15) is 0 Å². The average Bonchev–Trinajstić information content (AvgIpc) is 2.00. The number of rotatable bonds is 4. The van der Waals surface area contributed by atoms with Crippen LogP contribution in [-0.2, 0) is 0 Å². The lowest BCUT2D eigenvalue weighted by atomic mass is 9.96. The van der Waals surface area contributed by atoms with E-state index in [1.807, 2.05) is 6.92 Å². The maximum absolute atomic E-state index is 3.97. The topological polar surface area (TPSA) is 0 Å².